The standard InChI is InChI=1S/C12H14F3NOS/c13-12(14,15)8-5-6-11(16-7-8)18-10-4-2-1-3-9(10)17/h5-7,9-10,17H,1-4H2/t9-,10-/m0/s1. The van der Waals surface area contributed by atoms with Crippen molar-refractivity contribution in [2.75, 3.05) is 0 Å². The fourth-order valence-electron chi connectivity index (χ4n) is 1.99. The molecule has 0 bridgehead atoms. The highest BCUT2D eigenvalue weighted by Crippen LogP contribution is 2.34. The smallest absolute Gasteiger partial charge is 0.392 e. The Balaban J connectivity index is 2.02. The van der Waals surface area contributed by atoms with Gasteiger partial charge < -0.3 is 5.11 Å². The second-order valence-corrected chi connectivity index (χ2v) is 5.65. The minimum Gasteiger partial charge on any atom is -0.392 e. The Morgan fingerprint density at radius 1 is 1.22 bits per heavy atom. The monoisotopic (exact) mass is 277 g/mol. The van der Waals surface area contributed by atoms with E-state index in [0.29, 0.717) is 5.03 Å². The molecule has 1 fully saturated rings. The normalized spacial score (nSPS) is 25.1. The number of aromatic nitrogens is 1. The molecule has 2 atom stereocenters. The van der Waals surface area contributed by atoms with Gasteiger partial charge >= 0.3 is 6.18 Å². The lowest BCUT2D eigenvalue weighted by molar-refractivity contribution is -0.137. The maximum Gasteiger partial charge on any atom is 0.417 e. The number of aliphatic hydroxyl groups excluding tert-OH is 1. The van der Waals surface area contributed by atoms with E-state index in [2.05, 4.69) is 4.98 Å². The van der Waals surface area contributed by atoms with Crippen LogP contribution in [0.3, 0.4) is 0 Å². The first-order chi connectivity index (χ1) is 8.47. The second-order valence-electron chi connectivity index (χ2n) is 4.39. The number of nitrogens with zero attached hydrogens (tertiary/aromatic N) is 1. The summed E-state index contributed by atoms with van der Waals surface area (Å²) in [6, 6.07) is 2.40. The predicted octanol–water partition coefficient (Wildman–Crippen LogP) is 3.50. The van der Waals surface area contributed by atoms with Gasteiger partial charge in [0, 0.05) is 11.4 Å². The van der Waals surface area contributed by atoms with Crippen molar-refractivity contribution in [3.05, 3.63) is 23.9 Å². The first-order valence-corrected chi connectivity index (χ1v) is 6.73. The lowest BCUT2D eigenvalue weighted by Crippen LogP contribution is -2.26. The molecule has 6 heteroatoms. The van der Waals surface area contributed by atoms with E-state index in [4.69, 9.17) is 0 Å². The molecule has 0 radical (unpaired) electrons. The summed E-state index contributed by atoms with van der Waals surface area (Å²) >= 11 is 1.36. The molecule has 0 aliphatic heterocycles. The molecule has 1 aromatic rings. The summed E-state index contributed by atoms with van der Waals surface area (Å²) in [7, 11) is 0. The Morgan fingerprint density at radius 2 is 1.94 bits per heavy atom. The number of rotatable bonds is 2. The van der Waals surface area contributed by atoms with Crippen molar-refractivity contribution in [3.8, 4) is 0 Å². The van der Waals surface area contributed by atoms with Gasteiger partial charge in [0.15, 0.2) is 0 Å². The molecule has 100 valence electrons. The van der Waals surface area contributed by atoms with Gasteiger partial charge in [0.2, 0.25) is 0 Å². The van der Waals surface area contributed by atoms with Gasteiger partial charge in [-0.15, -0.1) is 11.8 Å². The van der Waals surface area contributed by atoms with Crippen LogP contribution < -0.4 is 0 Å². The fourth-order valence-corrected chi connectivity index (χ4v) is 3.14. The Kier molecular flexibility index (Phi) is 4.17. The van der Waals surface area contributed by atoms with Crippen molar-refractivity contribution in [1.29, 1.82) is 0 Å². The molecule has 2 rings (SSSR count). The van der Waals surface area contributed by atoms with E-state index in [1.54, 1.807) is 0 Å². The van der Waals surface area contributed by atoms with Gasteiger partial charge in [0.25, 0.3) is 0 Å². The van der Waals surface area contributed by atoms with Crippen LogP contribution in [-0.4, -0.2) is 21.4 Å². The Morgan fingerprint density at radius 3 is 2.50 bits per heavy atom. The first kappa shape index (κ1) is 13.7. The molecule has 1 aliphatic carbocycles. The summed E-state index contributed by atoms with van der Waals surface area (Å²) in [4.78, 5) is 3.81. The van der Waals surface area contributed by atoms with Gasteiger partial charge in [-0.2, -0.15) is 13.2 Å². The van der Waals surface area contributed by atoms with Crippen molar-refractivity contribution < 1.29 is 18.3 Å². The Labute approximate surface area is 108 Å². The molecular weight excluding hydrogens is 263 g/mol. The van der Waals surface area contributed by atoms with Crippen LogP contribution in [0.4, 0.5) is 13.2 Å². The highest BCUT2D eigenvalue weighted by Gasteiger charge is 2.31. The minimum absolute atomic E-state index is 0.0444. The molecule has 1 N–H and O–H groups in total. The highest BCUT2D eigenvalue weighted by molar-refractivity contribution is 7.99. The molecule has 2 nitrogen and oxygen atoms in total. The Hall–Kier alpha value is -0.750. The van der Waals surface area contributed by atoms with E-state index in [1.165, 1.54) is 17.8 Å². The average molecular weight is 277 g/mol. The van der Waals surface area contributed by atoms with E-state index in [-0.39, 0.29) is 11.4 Å². The molecule has 1 heterocycles. The number of aliphatic hydroxyl groups is 1. The van der Waals surface area contributed by atoms with Crippen molar-refractivity contribution >= 4 is 11.8 Å². The van der Waals surface area contributed by atoms with Gasteiger partial charge in [0.05, 0.1) is 16.7 Å². The SMILES string of the molecule is O[C@H]1CCCC[C@@H]1Sc1ccc(C(F)(F)F)cn1. The molecule has 0 saturated heterocycles. The lowest BCUT2D eigenvalue weighted by Gasteiger charge is -2.26. The van der Waals surface area contributed by atoms with Gasteiger partial charge in [-0.1, -0.05) is 12.8 Å². The van der Waals surface area contributed by atoms with Gasteiger partial charge in [-0.25, -0.2) is 4.98 Å². The molecular formula is C12H14F3NOS. The number of hydrogen-bond donors (Lipinski definition) is 1. The Bertz CT molecular complexity index is 393. The molecule has 1 aromatic heterocycles. The van der Waals surface area contributed by atoms with Gasteiger partial charge in [-0.3, -0.25) is 0 Å². The van der Waals surface area contributed by atoms with Crippen LogP contribution in [0.2, 0.25) is 0 Å². The third kappa shape index (κ3) is 3.38. The van der Waals surface area contributed by atoms with E-state index < -0.39 is 11.7 Å². The third-order valence-corrected chi connectivity index (χ3v) is 4.34. The van der Waals surface area contributed by atoms with E-state index in [1.807, 2.05) is 0 Å². The molecule has 0 unspecified atom stereocenters. The summed E-state index contributed by atoms with van der Waals surface area (Å²) in [5.74, 6) is 0. The molecule has 1 saturated carbocycles. The van der Waals surface area contributed by atoms with Crippen LogP contribution >= 0.6 is 11.8 Å². The first-order valence-electron chi connectivity index (χ1n) is 5.85. The fraction of sp³-hybridized carbons (Fsp3) is 0.583. The van der Waals surface area contributed by atoms with Crippen LogP contribution in [0.15, 0.2) is 23.4 Å². The quantitative estimate of drug-likeness (QED) is 0.898. The zero-order valence-electron chi connectivity index (χ0n) is 9.65. The average Bonchev–Trinajstić information content (AvgIpc) is 2.32. The van der Waals surface area contributed by atoms with Crippen LogP contribution in [0, 0.1) is 0 Å². The van der Waals surface area contributed by atoms with Crippen molar-refractivity contribution in [2.24, 2.45) is 0 Å². The molecule has 18 heavy (non-hydrogen) atoms. The summed E-state index contributed by atoms with van der Waals surface area (Å²) in [5.41, 5.74) is -0.740. The van der Waals surface area contributed by atoms with Gasteiger partial charge in [0.1, 0.15) is 0 Å². The van der Waals surface area contributed by atoms with E-state index >= 15 is 0 Å². The van der Waals surface area contributed by atoms with Crippen molar-refractivity contribution in [2.45, 2.75) is 48.2 Å². The van der Waals surface area contributed by atoms with E-state index in [0.717, 1.165) is 37.9 Å². The predicted molar refractivity (Wildman–Crippen MR) is 63.4 cm³/mol. The number of halogens is 3. The van der Waals surface area contributed by atoms with Crippen molar-refractivity contribution in [1.82, 2.24) is 4.98 Å². The molecule has 0 spiro atoms. The zero-order chi connectivity index (χ0) is 13.2. The summed E-state index contributed by atoms with van der Waals surface area (Å²) in [6.07, 6.45) is -0.174. The third-order valence-electron chi connectivity index (χ3n) is 3.00. The van der Waals surface area contributed by atoms with Crippen LogP contribution in [-0.2, 0) is 6.18 Å². The number of pyridine rings is 1. The van der Waals surface area contributed by atoms with Gasteiger partial charge in [-0.05, 0) is 25.0 Å². The van der Waals surface area contributed by atoms with Crippen LogP contribution in [0.25, 0.3) is 0 Å². The lowest BCUT2D eigenvalue weighted by atomic mass is 9.97. The van der Waals surface area contributed by atoms with Crippen LogP contribution in [0.5, 0.6) is 0 Å². The maximum atomic E-state index is 12.4. The number of hydrogen-bond acceptors (Lipinski definition) is 3. The minimum atomic E-state index is -4.35. The van der Waals surface area contributed by atoms with E-state index in [9.17, 15) is 18.3 Å². The highest BCUT2D eigenvalue weighted by atomic mass is 32.2. The second kappa shape index (κ2) is 5.48. The maximum absolute atomic E-state index is 12.4. The summed E-state index contributed by atoms with van der Waals surface area (Å²) in [6.45, 7) is 0. The zero-order valence-corrected chi connectivity index (χ0v) is 10.5. The summed E-state index contributed by atoms with van der Waals surface area (Å²) < 4.78 is 37.1. The van der Waals surface area contributed by atoms with Crippen molar-refractivity contribution in [3.63, 3.8) is 0 Å². The molecule has 0 amide bonds. The molecule has 0 aromatic carbocycles. The topological polar surface area (TPSA) is 33.1 Å². The molecule has 1 aliphatic rings. The number of alkyl halides is 3. The van der Waals surface area contributed by atoms with Crippen LogP contribution in [0.1, 0.15) is 31.2 Å². The number of thioether (sulfide) groups is 1. The largest absolute Gasteiger partial charge is 0.417 e. The summed E-state index contributed by atoms with van der Waals surface area (Å²) in [5, 5.41) is 10.4.